The van der Waals surface area contributed by atoms with Crippen molar-refractivity contribution in [2.45, 2.75) is 64.2 Å². The Morgan fingerprint density at radius 3 is 2.62 bits per heavy atom. The van der Waals surface area contributed by atoms with Crippen LogP contribution in [0.2, 0.25) is 0 Å². The van der Waals surface area contributed by atoms with Gasteiger partial charge in [0.25, 0.3) is 0 Å². The van der Waals surface area contributed by atoms with Gasteiger partial charge in [-0.25, -0.2) is 14.0 Å². The standard InChI is InChI=1S/C35H37FN8O6/c1-18-4-7-22-23(32(46)28(24(22)12-18)38-35(37)49)8-9-43-16-20(39-40-43)15-41-10-11-42(14-19(41)2)30-27(36)13-25-29(33(30)50-3)44(21-5-6-21)17-26(31(25)45)34(47)48/h4,7,12-13,16-17,19,21,23H,5-6,8-11,14-15H2,1-3H3,(H2,37,49)(H,47,48)/b38-28-. The number of pyridine rings is 1. The first-order chi connectivity index (χ1) is 23.9. The molecule has 4 aromatic rings. The molecule has 2 fully saturated rings. The number of ether oxygens (including phenoxy) is 1. The van der Waals surface area contributed by atoms with Gasteiger partial charge in [-0.05, 0) is 50.8 Å². The quantitative estimate of drug-likeness (QED) is 0.266. The fourth-order valence-electron chi connectivity index (χ4n) is 7.28. The fraction of sp³-hybridized carbons (Fsp3) is 0.400. The van der Waals surface area contributed by atoms with E-state index in [4.69, 9.17) is 10.5 Å². The van der Waals surface area contributed by atoms with Crippen molar-refractivity contribution in [1.29, 1.82) is 0 Å². The Morgan fingerprint density at radius 2 is 1.94 bits per heavy atom. The van der Waals surface area contributed by atoms with Crippen molar-refractivity contribution in [3.05, 3.63) is 80.6 Å². The number of carboxylic acids is 1. The van der Waals surface area contributed by atoms with E-state index >= 15 is 4.39 Å². The molecule has 2 aromatic carbocycles. The summed E-state index contributed by atoms with van der Waals surface area (Å²) in [6, 6.07) is 5.89. The Balaban J connectivity index is 1.05. The van der Waals surface area contributed by atoms with Crippen LogP contribution in [0.15, 0.2) is 46.4 Å². The van der Waals surface area contributed by atoms with Gasteiger partial charge in [0.1, 0.15) is 17.0 Å². The maximum Gasteiger partial charge on any atom is 0.341 e. The first-order valence-corrected chi connectivity index (χ1v) is 16.5. The van der Waals surface area contributed by atoms with E-state index in [1.807, 2.05) is 43.1 Å². The molecule has 1 saturated carbocycles. The third-order valence-electron chi connectivity index (χ3n) is 9.86. The number of aryl methyl sites for hydroxylation is 2. The van der Waals surface area contributed by atoms with Crippen molar-refractivity contribution < 1.29 is 28.6 Å². The molecular formula is C35H37FN8O6. The van der Waals surface area contributed by atoms with E-state index in [-0.39, 0.29) is 40.4 Å². The highest BCUT2D eigenvalue weighted by atomic mass is 19.1. The van der Waals surface area contributed by atoms with Crippen LogP contribution in [0.4, 0.5) is 14.9 Å². The Labute approximate surface area is 285 Å². The van der Waals surface area contributed by atoms with Crippen LogP contribution in [0, 0.1) is 12.7 Å². The molecule has 2 unspecified atom stereocenters. The number of amides is 2. The Bertz CT molecular complexity index is 2150. The maximum absolute atomic E-state index is 15.9. The van der Waals surface area contributed by atoms with Crippen molar-refractivity contribution in [1.82, 2.24) is 24.5 Å². The highest BCUT2D eigenvalue weighted by Crippen LogP contribution is 2.44. The Kier molecular flexibility index (Phi) is 8.46. The van der Waals surface area contributed by atoms with Crippen LogP contribution in [-0.2, 0) is 17.9 Å². The number of piperazine rings is 1. The number of primary amides is 1. The van der Waals surface area contributed by atoms with Crippen molar-refractivity contribution >= 4 is 40.1 Å². The summed E-state index contributed by atoms with van der Waals surface area (Å²) in [4.78, 5) is 57.6. The lowest BCUT2D eigenvalue weighted by atomic mass is 9.96. The van der Waals surface area contributed by atoms with Gasteiger partial charge in [-0.15, -0.1) is 5.10 Å². The third kappa shape index (κ3) is 5.91. The predicted molar refractivity (Wildman–Crippen MR) is 182 cm³/mol. The summed E-state index contributed by atoms with van der Waals surface area (Å²) >= 11 is 0. The number of Topliss-reactive ketones (excluding diaryl/α,β-unsaturated/α-hetero) is 1. The molecule has 2 aliphatic carbocycles. The van der Waals surface area contributed by atoms with Crippen molar-refractivity contribution in [2.75, 3.05) is 31.6 Å². The SMILES string of the molecule is COc1c(N2CCN(Cc3cn(CCC4C(=O)/C(=N\C(N)=O)c5cc(C)ccc54)nn3)C(C)C2)c(F)cc2c(=O)c(C(=O)O)cn(C3CC3)c12. The average molecular weight is 685 g/mol. The summed E-state index contributed by atoms with van der Waals surface area (Å²) in [6.45, 7) is 6.38. The molecule has 260 valence electrons. The number of halogens is 1. The second-order valence-corrected chi connectivity index (χ2v) is 13.3. The smallest absolute Gasteiger partial charge is 0.341 e. The number of nitrogens with zero attached hydrogens (tertiary/aromatic N) is 7. The lowest BCUT2D eigenvalue weighted by Crippen LogP contribution is -2.51. The summed E-state index contributed by atoms with van der Waals surface area (Å²) in [5.41, 5.74) is 8.04. The maximum atomic E-state index is 15.9. The number of aromatic nitrogens is 4. The second kappa shape index (κ2) is 12.8. The van der Waals surface area contributed by atoms with Gasteiger partial charge in [-0.2, -0.15) is 4.99 Å². The second-order valence-electron chi connectivity index (χ2n) is 13.3. The first-order valence-electron chi connectivity index (χ1n) is 16.5. The van der Waals surface area contributed by atoms with E-state index in [1.165, 1.54) is 13.3 Å². The topological polar surface area (TPSA) is 178 Å². The number of benzene rings is 2. The number of fused-ring (bicyclic) bond motifs is 2. The summed E-state index contributed by atoms with van der Waals surface area (Å²) < 4.78 is 25.1. The van der Waals surface area contributed by atoms with Crippen molar-refractivity contribution in [3.63, 3.8) is 0 Å². The average Bonchev–Trinajstić information content (AvgIpc) is 3.77. The number of carbonyl (C=O) groups is 3. The number of urea groups is 1. The van der Waals surface area contributed by atoms with E-state index in [0.717, 1.165) is 35.7 Å². The summed E-state index contributed by atoms with van der Waals surface area (Å²) in [5, 5.41) is 18.3. The van der Waals surface area contributed by atoms with E-state index in [1.54, 1.807) is 9.25 Å². The van der Waals surface area contributed by atoms with Crippen LogP contribution in [0.5, 0.6) is 5.75 Å². The van der Waals surface area contributed by atoms with Crippen LogP contribution in [0.25, 0.3) is 10.9 Å². The molecule has 0 radical (unpaired) electrons. The number of methoxy groups -OCH3 is 1. The summed E-state index contributed by atoms with van der Waals surface area (Å²) in [7, 11) is 1.43. The summed E-state index contributed by atoms with van der Waals surface area (Å²) in [6.07, 6.45) is 5.29. The monoisotopic (exact) mass is 684 g/mol. The first kappa shape index (κ1) is 33.1. The van der Waals surface area contributed by atoms with Gasteiger partial charge in [0.05, 0.1) is 29.6 Å². The molecule has 0 bridgehead atoms. The van der Waals surface area contributed by atoms with Gasteiger partial charge >= 0.3 is 12.0 Å². The molecule has 0 spiro atoms. The molecule has 2 aromatic heterocycles. The number of anilines is 1. The number of nitrogens with two attached hydrogens (primary N) is 1. The molecule has 50 heavy (non-hydrogen) atoms. The molecule has 7 rings (SSSR count). The van der Waals surface area contributed by atoms with E-state index in [9.17, 15) is 24.3 Å². The Hall–Kier alpha value is -5.44. The number of ketones is 1. The van der Waals surface area contributed by atoms with Gasteiger partial charge in [0.2, 0.25) is 5.43 Å². The zero-order chi connectivity index (χ0) is 35.4. The molecule has 3 N–H and O–H groups in total. The van der Waals surface area contributed by atoms with E-state index in [0.29, 0.717) is 50.2 Å². The minimum Gasteiger partial charge on any atom is -0.492 e. The summed E-state index contributed by atoms with van der Waals surface area (Å²) in [5.74, 6) is -2.50. The number of rotatable bonds is 9. The van der Waals surface area contributed by atoms with Crippen LogP contribution in [-0.4, -0.2) is 85.8 Å². The minimum absolute atomic E-state index is 0.0134. The van der Waals surface area contributed by atoms with Crippen LogP contribution in [0.1, 0.15) is 70.9 Å². The zero-order valence-corrected chi connectivity index (χ0v) is 27.9. The number of aromatic carboxylic acids is 1. The van der Waals surface area contributed by atoms with Gasteiger partial charge in [-0.3, -0.25) is 19.2 Å². The molecule has 3 aliphatic rings. The van der Waals surface area contributed by atoms with Crippen LogP contribution >= 0.6 is 0 Å². The predicted octanol–water partition coefficient (Wildman–Crippen LogP) is 3.42. The van der Waals surface area contributed by atoms with Crippen molar-refractivity contribution in [3.8, 4) is 5.75 Å². The lowest BCUT2D eigenvalue weighted by Gasteiger charge is -2.41. The van der Waals surface area contributed by atoms with E-state index < -0.39 is 34.7 Å². The molecule has 14 nitrogen and oxygen atoms in total. The van der Waals surface area contributed by atoms with Gasteiger partial charge in [-0.1, -0.05) is 22.9 Å². The largest absolute Gasteiger partial charge is 0.492 e. The van der Waals surface area contributed by atoms with Gasteiger partial charge < -0.3 is 25.0 Å². The number of hydrogen-bond donors (Lipinski definition) is 2. The minimum atomic E-state index is -1.35. The normalized spacial score (nSPS) is 20.1. The van der Waals surface area contributed by atoms with Crippen molar-refractivity contribution in [2.24, 2.45) is 10.7 Å². The highest BCUT2D eigenvalue weighted by Gasteiger charge is 2.37. The molecule has 1 saturated heterocycles. The number of hydrogen-bond acceptors (Lipinski definition) is 9. The number of carbonyl (C=O) groups excluding carboxylic acids is 2. The number of carboxylic acid groups (broad SMARTS) is 1. The molecular weight excluding hydrogens is 647 g/mol. The molecule has 15 heteroatoms. The fourth-order valence-corrected chi connectivity index (χ4v) is 7.28. The molecule has 1 aliphatic heterocycles. The molecule has 3 heterocycles. The zero-order valence-electron chi connectivity index (χ0n) is 27.9. The van der Waals surface area contributed by atoms with Crippen LogP contribution in [0.3, 0.4) is 0 Å². The van der Waals surface area contributed by atoms with E-state index in [2.05, 4.69) is 20.2 Å². The Morgan fingerprint density at radius 1 is 1.16 bits per heavy atom. The lowest BCUT2D eigenvalue weighted by molar-refractivity contribution is -0.114. The van der Waals surface area contributed by atoms with Crippen LogP contribution < -0.4 is 20.8 Å². The molecule has 2 atom stereocenters. The van der Waals surface area contributed by atoms with Gasteiger partial charge in [0.15, 0.2) is 17.3 Å². The van der Waals surface area contributed by atoms with Gasteiger partial charge in [0, 0.05) is 62.8 Å². The highest BCUT2D eigenvalue weighted by molar-refractivity contribution is 6.52. The third-order valence-corrected chi connectivity index (χ3v) is 9.86. The molecule has 2 amide bonds. The number of aliphatic imine (C=N–C) groups is 1.